The molecule has 0 heterocycles. The van der Waals surface area contributed by atoms with E-state index in [1.165, 1.54) is 25.3 Å². The maximum absolute atomic E-state index is 12.6. The molecule has 35 heavy (non-hydrogen) atoms. The van der Waals surface area contributed by atoms with Crippen molar-refractivity contribution in [2.75, 3.05) is 25.6 Å². The van der Waals surface area contributed by atoms with E-state index in [-0.39, 0.29) is 30.3 Å². The number of carbonyl (C=O) groups excluding carboxylic acids is 2. The molecule has 0 saturated heterocycles. The molecule has 3 N–H and O–H groups in total. The maximum atomic E-state index is 12.6. The second-order valence-corrected chi connectivity index (χ2v) is 8.32. The van der Waals surface area contributed by atoms with Gasteiger partial charge in [-0.15, -0.1) is 0 Å². The summed E-state index contributed by atoms with van der Waals surface area (Å²) in [6.07, 6.45) is -0.614. The number of amides is 2. The Morgan fingerprint density at radius 3 is 2.20 bits per heavy atom. The van der Waals surface area contributed by atoms with E-state index in [0.717, 1.165) is 22.3 Å². The van der Waals surface area contributed by atoms with Crippen LogP contribution in [0.25, 0.3) is 11.1 Å². The summed E-state index contributed by atoms with van der Waals surface area (Å²) in [6.45, 7) is 1.87. The van der Waals surface area contributed by atoms with Gasteiger partial charge < -0.3 is 25.2 Å². The van der Waals surface area contributed by atoms with E-state index in [1.54, 1.807) is 6.92 Å². The van der Waals surface area contributed by atoms with E-state index in [0.29, 0.717) is 5.75 Å². The van der Waals surface area contributed by atoms with E-state index in [9.17, 15) is 19.5 Å². The molecule has 8 nitrogen and oxygen atoms in total. The van der Waals surface area contributed by atoms with Crippen molar-refractivity contribution in [2.24, 2.45) is 5.92 Å². The van der Waals surface area contributed by atoms with Gasteiger partial charge in [0.25, 0.3) is 0 Å². The van der Waals surface area contributed by atoms with Crippen LogP contribution in [-0.2, 0) is 9.53 Å². The van der Waals surface area contributed by atoms with Crippen molar-refractivity contribution in [3.05, 3.63) is 83.4 Å². The fourth-order valence-electron chi connectivity index (χ4n) is 4.17. The van der Waals surface area contributed by atoms with Crippen molar-refractivity contribution in [3.63, 3.8) is 0 Å². The van der Waals surface area contributed by atoms with E-state index in [1.807, 2.05) is 36.4 Å². The number of anilines is 1. The van der Waals surface area contributed by atoms with Gasteiger partial charge in [-0.2, -0.15) is 0 Å². The first-order chi connectivity index (χ1) is 16.9. The number of aromatic carboxylic acids is 1. The maximum Gasteiger partial charge on any atom is 0.407 e. The Morgan fingerprint density at radius 1 is 0.971 bits per heavy atom. The molecule has 2 amide bonds. The number of benzene rings is 3. The van der Waals surface area contributed by atoms with Crippen LogP contribution in [0.3, 0.4) is 0 Å². The number of carboxylic acid groups (broad SMARTS) is 1. The van der Waals surface area contributed by atoms with Gasteiger partial charge >= 0.3 is 12.1 Å². The summed E-state index contributed by atoms with van der Waals surface area (Å²) in [4.78, 5) is 36.2. The predicted molar refractivity (Wildman–Crippen MR) is 131 cm³/mol. The Kier molecular flexibility index (Phi) is 7.01. The molecule has 0 aromatic heterocycles. The van der Waals surface area contributed by atoms with Gasteiger partial charge in [0, 0.05) is 12.5 Å². The summed E-state index contributed by atoms with van der Waals surface area (Å²) < 4.78 is 10.7. The lowest BCUT2D eigenvalue weighted by Crippen LogP contribution is -2.35. The topological polar surface area (TPSA) is 114 Å². The number of hydrogen-bond donors (Lipinski definition) is 3. The molecule has 0 radical (unpaired) electrons. The fraction of sp³-hybridized carbons (Fsp3) is 0.222. The number of carboxylic acids is 1. The van der Waals surface area contributed by atoms with Crippen molar-refractivity contribution in [2.45, 2.75) is 12.8 Å². The number of fused-ring (bicyclic) bond motifs is 3. The molecule has 1 aliphatic carbocycles. The largest absolute Gasteiger partial charge is 0.495 e. The highest BCUT2D eigenvalue weighted by Crippen LogP contribution is 2.44. The number of rotatable bonds is 8. The number of ether oxygens (including phenoxy) is 2. The van der Waals surface area contributed by atoms with Gasteiger partial charge in [-0.3, -0.25) is 4.79 Å². The van der Waals surface area contributed by atoms with E-state index >= 15 is 0 Å². The van der Waals surface area contributed by atoms with Crippen LogP contribution < -0.4 is 15.4 Å². The quantitative estimate of drug-likeness (QED) is 0.443. The lowest BCUT2D eigenvalue weighted by molar-refractivity contribution is -0.119. The predicted octanol–water partition coefficient (Wildman–Crippen LogP) is 4.51. The van der Waals surface area contributed by atoms with Gasteiger partial charge in [-0.1, -0.05) is 55.5 Å². The van der Waals surface area contributed by atoms with Crippen molar-refractivity contribution >= 4 is 23.7 Å². The third kappa shape index (κ3) is 5.11. The zero-order valence-corrected chi connectivity index (χ0v) is 19.4. The summed E-state index contributed by atoms with van der Waals surface area (Å²) in [5.74, 6) is -1.84. The number of hydrogen-bond acceptors (Lipinski definition) is 5. The second kappa shape index (κ2) is 10.3. The van der Waals surface area contributed by atoms with Gasteiger partial charge in [0.05, 0.1) is 24.3 Å². The molecule has 0 bridgehead atoms. The first kappa shape index (κ1) is 23.8. The lowest BCUT2D eigenvalue weighted by atomic mass is 9.98. The van der Waals surface area contributed by atoms with Gasteiger partial charge in [0.2, 0.25) is 5.91 Å². The van der Waals surface area contributed by atoms with Gasteiger partial charge in [0.1, 0.15) is 12.4 Å². The van der Waals surface area contributed by atoms with Gasteiger partial charge in [0.15, 0.2) is 0 Å². The molecular formula is C27H26N2O6. The Balaban J connectivity index is 1.32. The highest BCUT2D eigenvalue weighted by atomic mass is 16.5. The van der Waals surface area contributed by atoms with E-state index < -0.39 is 23.9 Å². The number of nitrogens with one attached hydrogen (secondary N) is 2. The average molecular weight is 475 g/mol. The summed E-state index contributed by atoms with van der Waals surface area (Å²) >= 11 is 0. The molecule has 8 heteroatoms. The minimum absolute atomic E-state index is 0.0190. The van der Waals surface area contributed by atoms with Crippen LogP contribution in [0.1, 0.15) is 34.3 Å². The highest BCUT2D eigenvalue weighted by molar-refractivity contribution is 5.96. The third-order valence-corrected chi connectivity index (χ3v) is 6.05. The smallest absolute Gasteiger partial charge is 0.407 e. The van der Waals surface area contributed by atoms with Crippen LogP contribution in [0.5, 0.6) is 5.75 Å². The first-order valence-corrected chi connectivity index (χ1v) is 11.2. The van der Waals surface area contributed by atoms with Crippen molar-refractivity contribution in [3.8, 4) is 16.9 Å². The molecule has 3 aromatic carbocycles. The zero-order chi connectivity index (χ0) is 24.9. The fourth-order valence-corrected chi connectivity index (χ4v) is 4.17. The van der Waals surface area contributed by atoms with Crippen LogP contribution in [-0.4, -0.2) is 43.3 Å². The Bertz CT molecular complexity index is 1230. The number of alkyl carbamates (subject to hydrolysis) is 1. The molecule has 3 aromatic rings. The lowest BCUT2D eigenvalue weighted by Gasteiger charge is -2.17. The SMILES string of the molecule is COc1ccc(C(=O)O)cc1NC(=O)C(C)CNC(=O)OCC1c2ccccc2-c2ccccc21. The first-order valence-electron chi connectivity index (χ1n) is 11.2. The van der Waals surface area contributed by atoms with E-state index in [2.05, 4.69) is 22.8 Å². The molecule has 0 spiro atoms. The van der Waals surface area contributed by atoms with Crippen LogP contribution in [0.4, 0.5) is 10.5 Å². The van der Waals surface area contributed by atoms with Crippen LogP contribution >= 0.6 is 0 Å². The molecule has 1 aliphatic rings. The number of methoxy groups -OCH3 is 1. The second-order valence-electron chi connectivity index (χ2n) is 8.32. The minimum atomic E-state index is -1.12. The van der Waals surface area contributed by atoms with Crippen molar-refractivity contribution < 1.29 is 29.0 Å². The van der Waals surface area contributed by atoms with Gasteiger partial charge in [-0.05, 0) is 40.5 Å². The molecule has 0 saturated carbocycles. The normalized spacial score (nSPS) is 12.7. The molecule has 180 valence electrons. The molecule has 0 aliphatic heterocycles. The zero-order valence-electron chi connectivity index (χ0n) is 19.4. The number of carbonyl (C=O) groups is 3. The molecule has 0 fully saturated rings. The molecule has 4 rings (SSSR count). The Hall–Kier alpha value is -4.33. The summed E-state index contributed by atoms with van der Waals surface area (Å²) in [7, 11) is 1.42. The molecule has 1 unspecified atom stereocenters. The molecule has 1 atom stereocenters. The average Bonchev–Trinajstić information content (AvgIpc) is 3.19. The monoisotopic (exact) mass is 474 g/mol. The Labute approximate surface area is 202 Å². The third-order valence-electron chi connectivity index (χ3n) is 6.05. The van der Waals surface area contributed by atoms with Gasteiger partial charge in [-0.25, -0.2) is 9.59 Å². The Morgan fingerprint density at radius 2 is 1.60 bits per heavy atom. The van der Waals surface area contributed by atoms with Crippen LogP contribution in [0.2, 0.25) is 0 Å². The van der Waals surface area contributed by atoms with Crippen molar-refractivity contribution in [1.82, 2.24) is 5.32 Å². The van der Waals surface area contributed by atoms with Crippen LogP contribution in [0, 0.1) is 5.92 Å². The van der Waals surface area contributed by atoms with Crippen molar-refractivity contribution in [1.29, 1.82) is 0 Å². The summed E-state index contributed by atoms with van der Waals surface area (Å²) in [5, 5.41) is 14.5. The highest BCUT2D eigenvalue weighted by Gasteiger charge is 2.29. The summed E-state index contributed by atoms with van der Waals surface area (Å²) in [6, 6.07) is 20.3. The standard InChI is InChI=1S/C27H26N2O6/c1-16(25(30)29-23-13-17(26(31)32)11-12-24(23)34-2)14-28-27(33)35-15-22-20-9-5-3-7-18(20)19-8-4-6-10-21(19)22/h3-13,16,22H,14-15H2,1-2H3,(H,28,33)(H,29,30)(H,31,32). The van der Waals surface area contributed by atoms with Crippen LogP contribution in [0.15, 0.2) is 66.7 Å². The van der Waals surface area contributed by atoms with E-state index in [4.69, 9.17) is 9.47 Å². The molecular weight excluding hydrogens is 448 g/mol. The minimum Gasteiger partial charge on any atom is -0.495 e. The summed E-state index contributed by atoms with van der Waals surface area (Å²) in [5.41, 5.74) is 4.78.